The van der Waals surface area contributed by atoms with Gasteiger partial charge in [-0.15, -0.1) is 11.3 Å². The van der Waals surface area contributed by atoms with Crippen LogP contribution in [0.3, 0.4) is 0 Å². The molecule has 124 valence electrons. The average Bonchev–Trinajstić information content (AvgIpc) is 3.29. The summed E-state index contributed by atoms with van der Waals surface area (Å²) in [4.78, 5) is 24.3. The fourth-order valence-corrected chi connectivity index (χ4v) is 4.33. The summed E-state index contributed by atoms with van der Waals surface area (Å²) in [5.74, 6) is -0.0780. The highest BCUT2D eigenvalue weighted by molar-refractivity contribution is 7.22. The summed E-state index contributed by atoms with van der Waals surface area (Å²) in [6.07, 6.45) is 1.72. The van der Waals surface area contributed by atoms with Crippen molar-refractivity contribution in [2.24, 2.45) is 0 Å². The van der Waals surface area contributed by atoms with Crippen molar-refractivity contribution in [1.82, 2.24) is 9.97 Å². The molecule has 0 N–H and O–H groups in total. The molecule has 0 atom stereocenters. The molecule has 3 heterocycles. The van der Waals surface area contributed by atoms with Gasteiger partial charge in [0.2, 0.25) is 0 Å². The van der Waals surface area contributed by atoms with Crippen LogP contribution in [0.25, 0.3) is 10.2 Å². The number of halogens is 1. The number of hydrogen-bond acceptors (Lipinski definition) is 5. The number of benzene rings is 1. The second-order valence-electron chi connectivity index (χ2n) is 5.30. The number of carbonyl (C=O) groups is 1. The van der Waals surface area contributed by atoms with Crippen molar-refractivity contribution in [1.29, 1.82) is 0 Å². The molecule has 25 heavy (non-hydrogen) atoms. The molecule has 7 heteroatoms. The van der Waals surface area contributed by atoms with E-state index in [2.05, 4.69) is 9.97 Å². The number of aromatic nitrogens is 2. The molecule has 3 aromatic heterocycles. The van der Waals surface area contributed by atoms with Crippen LogP contribution in [0.1, 0.15) is 15.4 Å². The molecular weight excluding hydrogens is 374 g/mol. The van der Waals surface area contributed by atoms with Crippen LogP contribution >= 0.6 is 34.3 Å². The van der Waals surface area contributed by atoms with Crippen molar-refractivity contribution in [3.05, 3.63) is 75.7 Å². The quantitative estimate of drug-likeness (QED) is 0.481. The first-order chi connectivity index (χ1) is 12.2. The Morgan fingerprint density at radius 3 is 2.84 bits per heavy atom. The Morgan fingerprint density at radius 2 is 2.08 bits per heavy atom. The first-order valence-electron chi connectivity index (χ1n) is 7.52. The molecule has 0 aliphatic rings. The number of nitrogens with zero attached hydrogens (tertiary/aromatic N) is 3. The minimum absolute atomic E-state index is 0.0780. The van der Waals surface area contributed by atoms with Gasteiger partial charge < -0.3 is 0 Å². The van der Waals surface area contributed by atoms with Crippen LogP contribution in [0.2, 0.25) is 5.02 Å². The van der Waals surface area contributed by atoms with Gasteiger partial charge in [0, 0.05) is 11.2 Å². The minimum Gasteiger partial charge on any atom is -0.277 e. The number of thiophene rings is 1. The van der Waals surface area contributed by atoms with Crippen molar-refractivity contribution in [3.63, 3.8) is 0 Å². The van der Waals surface area contributed by atoms with E-state index >= 15 is 0 Å². The Kier molecular flexibility index (Phi) is 4.48. The number of fused-ring (bicyclic) bond motifs is 1. The number of hydrogen-bond donors (Lipinski definition) is 0. The topological polar surface area (TPSA) is 46.1 Å². The second kappa shape index (κ2) is 6.92. The van der Waals surface area contributed by atoms with Gasteiger partial charge in [-0.2, -0.15) is 0 Å². The lowest BCUT2D eigenvalue weighted by Gasteiger charge is -2.18. The van der Waals surface area contributed by atoms with Crippen molar-refractivity contribution in [2.75, 3.05) is 4.90 Å². The first-order valence-corrected chi connectivity index (χ1v) is 9.59. The normalized spacial score (nSPS) is 10.9. The highest BCUT2D eigenvalue weighted by Crippen LogP contribution is 2.32. The van der Waals surface area contributed by atoms with Crippen LogP contribution < -0.4 is 4.90 Å². The fourth-order valence-electron chi connectivity index (χ4n) is 2.41. The Balaban J connectivity index is 1.76. The SMILES string of the molecule is O=C(c1cccs1)N(Cc1ccccn1)c1nc2ccc(Cl)cc2s1. The first kappa shape index (κ1) is 16.2. The maximum Gasteiger partial charge on any atom is 0.270 e. The number of anilines is 1. The molecule has 0 spiro atoms. The molecule has 0 radical (unpaired) electrons. The smallest absolute Gasteiger partial charge is 0.270 e. The third kappa shape index (κ3) is 3.42. The molecule has 0 unspecified atom stereocenters. The predicted octanol–water partition coefficient (Wildman–Crippen LogP) is 5.25. The van der Waals surface area contributed by atoms with E-state index in [1.807, 2.05) is 47.8 Å². The van der Waals surface area contributed by atoms with Crippen LogP contribution in [0.5, 0.6) is 0 Å². The van der Waals surface area contributed by atoms with E-state index in [1.165, 1.54) is 22.7 Å². The van der Waals surface area contributed by atoms with Gasteiger partial charge >= 0.3 is 0 Å². The zero-order valence-electron chi connectivity index (χ0n) is 12.9. The van der Waals surface area contributed by atoms with Crippen molar-refractivity contribution in [2.45, 2.75) is 6.54 Å². The van der Waals surface area contributed by atoms with Crippen LogP contribution in [-0.4, -0.2) is 15.9 Å². The number of pyridine rings is 1. The summed E-state index contributed by atoms with van der Waals surface area (Å²) in [6.45, 7) is 0.366. The van der Waals surface area contributed by atoms with Gasteiger partial charge in [-0.25, -0.2) is 4.98 Å². The molecular formula is C18H12ClN3OS2. The summed E-state index contributed by atoms with van der Waals surface area (Å²) in [6, 6.07) is 14.9. The number of rotatable bonds is 4. The largest absolute Gasteiger partial charge is 0.277 e. The standard InChI is InChI=1S/C18H12ClN3OS2/c19-12-6-7-14-16(10-12)25-18(21-14)22(11-13-4-1-2-8-20-13)17(23)15-5-3-9-24-15/h1-10H,11H2. The van der Waals surface area contributed by atoms with E-state index in [0.29, 0.717) is 21.6 Å². The molecule has 0 saturated heterocycles. The van der Waals surface area contributed by atoms with Gasteiger partial charge in [0.25, 0.3) is 5.91 Å². The summed E-state index contributed by atoms with van der Waals surface area (Å²) in [7, 11) is 0. The summed E-state index contributed by atoms with van der Waals surface area (Å²) in [5, 5.41) is 3.19. The molecule has 0 fully saturated rings. The predicted molar refractivity (Wildman–Crippen MR) is 104 cm³/mol. The van der Waals surface area contributed by atoms with E-state index in [-0.39, 0.29) is 5.91 Å². The Morgan fingerprint density at radius 1 is 1.16 bits per heavy atom. The van der Waals surface area contributed by atoms with E-state index < -0.39 is 0 Å². The molecule has 4 nitrogen and oxygen atoms in total. The van der Waals surface area contributed by atoms with Gasteiger partial charge in [-0.1, -0.05) is 35.1 Å². The molecule has 0 aliphatic carbocycles. The molecule has 0 bridgehead atoms. The van der Waals surface area contributed by atoms with Crippen LogP contribution in [-0.2, 0) is 6.54 Å². The summed E-state index contributed by atoms with van der Waals surface area (Å²) in [5.41, 5.74) is 1.64. The van der Waals surface area contributed by atoms with E-state index in [9.17, 15) is 4.79 Å². The highest BCUT2D eigenvalue weighted by atomic mass is 35.5. The molecule has 4 aromatic rings. The average molecular weight is 386 g/mol. The number of thiazole rings is 1. The van der Waals surface area contributed by atoms with Gasteiger partial charge in [0.15, 0.2) is 5.13 Å². The maximum atomic E-state index is 13.0. The third-order valence-electron chi connectivity index (χ3n) is 3.59. The van der Waals surface area contributed by atoms with Crippen LogP contribution in [0, 0.1) is 0 Å². The van der Waals surface area contributed by atoms with Gasteiger partial charge in [0.1, 0.15) is 0 Å². The summed E-state index contributed by atoms with van der Waals surface area (Å²) < 4.78 is 0.951. The third-order valence-corrected chi connectivity index (χ3v) is 5.73. The lowest BCUT2D eigenvalue weighted by molar-refractivity contribution is 0.0988. The number of amides is 1. The fraction of sp³-hybridized carbons (Fsp3) is 0.0556. The molecule has 1 amide bonds. The van der Waals surface area contributed by atoms with E-state index in [4.69, 9.17) is 11.6 Å². The van der Waals surface area contributed by atoms with Crippen LogP contribution in [0.15, 0.2) is 60.1 Å². The Hall–Kier alpha value is -2.28. The Bertz CT molecular complexity index is 1020. The molecule has 1 aromatic carbocycles. The van der Waals surface area contributed by atoms with Crippen molar-refractivity contribution >= 4 is 55.5 Å². The van der Waals surface area contributed by atoms with Crippen LogP contribution in [0.4, 0.5) is 5.13 Å². The molecule has 0 saturated carbocycles. The minimum atomic E-state index is -0.0780. The summed E-state index contributed by atoms with van der Waals surface area (Å²) >= 11 is 8.94. The van der Waals surface area contributed by atoms with Gasteiger partial charge in [0.05, 0.1) is 27.3 Å². The molecule has 4 rings (SSSR count). The number of carbonyl (C=O) groups excluding carboxylic acids is 1. The van der Waals surface area contributed by atoms with E-state index in [0.717, 1.165) is 15.9 Å². The van der Waals surface area contributed by atoms with E-state index in [1.54, 1.807) is 17.2 Å². The maximum absolute atomic E-state index is 13.0. The lowest BCUT2D eigenvalue weighted by Crippen LogP contribution is -2.30. The van der Waals surface area contributed by atoms with Gasteiger partial charge in [-0.3, -0.25) is 14.7 Å². The van der Waals surface area contributed by atoms with Crippen molar-refractivity contribution < 1.29 is 4.79 Å². The van der Waals surface area contributed by atoms with Gasteiger partial charge in [-0.05, 0) is 41.8 Å². The zero-order chi connectivity index (χ0) is 17.2. The zero-order valence-corrected chi connectivity index (χ0v) is 15.3. The Labute approximate surface area is 157 Å². The lowest BCUT2D eigenvalue weighted by atomic mass is 10.3. The van der Waals surface area contributed by atoms with Crippen molar-refractivity contribution in [3.8, 4) is 0 Å². The monoisotopic (exact) mass is 385 g/mol. The highest BCUT2D eigenvalue weighted by Gasteiger charge is 2.22. The second-order valence-corrected chi connectivity index (χ2v) is 7.69. The molecule has 0 aliphatic heterocycles.